The van der Waals surface area contributed by atoms with Crippen molar-refractivity contribution in [1.29, 1.82) is 0 Å². The second-order valence-corrected chi connectivity index (χ2v) is 7.55. The number of carbonyl (C=O) groups is 1. The zero-order valence-corrected chi connectivity index (χ0v) is 16.2. The molecule has 3 aromatic rings. The molecule has 3 N–H and O–H groups in total. The van der Waals surface area contributed by atoms with Gasteiger partial charge in [-0.15, -0.1) is 21.5 Å². The Morgan fingerprint density at radius 3 is 2.77 bits per heavy atom. The summed E-state index contributed by atoms with van der Waals surface area (Å²) in [6.07, 6.45) is 0.572. The van der Waals surface area contributed by atoms with Crippen LogP contribution in [0.3, 0.4) is 0 Å². The Kier molecular flexibility index (Phi) is 5.89. The summed E-state index contributed by atoms with van der Waals surface area (Å²) in [7, 11) is 0. The summed E-state index contributed by atoms with van der Waals surface area (Å²) in [6, 6.07) is 9.37. The van der Waals surface area contributed by atoms with Crippen molar-refractivity contribution >= 4 is 40.1 Å². The predicted octanol–water partition coefficient (Wildman–Crippen LogP) is 3.69. The zero-order chi connectivity index (χ0) is 18.5. The van der Waals surface area contributed by atoms with E-state index >= 15 is 0 Å². The van der Waals surface area contributed by atoms with Crippen LogP contribution >= 0.6 is 23.1 Å². The monoisotopic (exact) mass is 388 g/mol. The van der Waals surface area contributed by atoms with E-state index in [1.807, 2.05) is 49.6 Å². The largest absolute Gasteiger partial charge is 0.368 e. The molecule has 0 saturated carbocycles. The molecule has 0 fully saturated rings. The highest BCUT2D eigenvalue weighted by atomic mass is 32.2. The molecule has 1 unspecified atom stereocenters. The Morgan fingerprint density at radius 2 is 2.08 bits per heavy atom. The van der Waals surface area contributed by atoms with E-state index in [0.717, 1.165) is 17.0 Å². The lowest BCUT2D eigenvalue weighted by Crippen LogP contribution is -2.27. The molecule has 0 bridgehead atoms. The molecule has 136 valence electrons. The predicted molar refractivity (Wildman–Crippen MR) is 106 cm³/mol. The number of carbonyl (C=O) groups excluding carboxylic acids is 1. The van der Waals surface area contributed by atoms with Crippen molar-refractivity contribution in [2.45, 2.75) is 31.5 Å². The molecule has 7 nitrogen and oxygen atoms in total. The van der Waals surface area contributed by atoms with Gasteiger partial charge in [-0.2, -0.15) is 0 Å². The molecule has 0 aliphatic carbocycles. The maximum absolute atomic E-state index is 12.8. The van der Waals surface area contributed by atoms with Crippen LogP contribution < -0.4 is 11.1 Å². The molecule has 2 heterocycles. The summed E-state index contributed by atoms with van der Waals surface area (Å²) < 4.78 is 1.69. The van der Waals surface area contributed by atoms with Crippen LogP contribution in [0.2, 0.25) is 0 Å². The summed E-state index contributed by atoms with van der Waals surface area (Å²) >= 11 is 2.90. The molecule has 26 heavy (non-hydrogen) atoms. The number of aromatic nitrogens is 4. The molecule has 2 aromatic heterocycles. The number of nitrogens with one attached hydrogen (secondary N) is 1. The lowest BCUT2D eigenvalue weighted by atomic mass is 10.2. The molecule has 9 heteroatoms. The van der Waals surface area contributed by atoms with E-state index in [4.69, 9.17) is 5.73 Å². The molecule has 1 aromatic carbocycles. The fourth-order valence-electron chi connectivity index (χ4n) is 2.56. The van der Waals surface area contributed by atoms with Gasteiger partial charge in [-0.05, 0) is 12.2 Å². The van der Waals surface area contributed by atoms with Crippen LogP contribution in [0.4, 0.5) is 11.1 Å². The van der Waals surface area contributed by atoms with Crippen molar-refractivity contribution in [1.82, 2.24) is 19.7 Å². The molecule has 3 rings (SSSR count). The van der Waals surface area contributed by atoms with Gasteiger partial charge in [0, 0.05) is 10.9 Å². The van der Waals surface area contributed by atoms with Crippen LogP contribution in [-0.2, 0) is 4.79 Å². The molecule has 0 radical (unpaired) electrons. The van der Waals surface area contributed by atoms with E-state index in [2.05, 4.69) is 20.5 Å². The van der Waals surface area contributed by atoms with Crippen LogP contribution in [-0.4, -0.2) is 31.4 Å². The quantitative estimate of drug-likeness (QED) is 0.599. The Hall–Kier alpha value is -2.39. The van der Waals surface area contributed by atoms with Crippen molar-refractivity contribution in [2.75, 3.05) is 16.8 Å². The van der Waals surface area contributed by atoms with Gasteiger partial charge >= 0.3 is 0 Å². The highest BCUT2D eigenvalue weighted by Crippen LogP contribution is 2.28. The van der Waals surface area contributed by atoms with Crippen molar-refractivity contribution in [3.05, 3.63) is 35.7 Å². The van der Waals surface area contributed by atoms with Crippen molar-refractivity contribution in [2.24, 2.45) is 0 Å². The van der Waals surface area contributed by atoms with Crippen LogP contribution in [0, 0.1) is 0 Å². The summed E-state index contributed by atoms with van der Waals surface area (Å²) in [5.41, 5.74) is 7.80. The Morgan fingerprint density at radius 1 is 1.31 bits per heavy atom. The summed E-state index contributed by atoms with van der Waals surface area (Å²) in [4.78, 5) is 17.3. The standard InChI is InChI=1S/C17H20N6OS2/c1-3-13(23-15(18)21-22-17(23)25-4-2)14(24)20-16-19-12(10-26-16)11-8-6-5-7-9-11/h5-10,13H,3-4H2,1-2H3,(H2,18,21)(H,19,20,24). The molecule has 0 saturated heterocycles. The van der Waals surface area contributed by atoms with Gasteiger partial charge in [0.05, 0.1) is 5.69 Å². The maximum Gasteiger partial charge on any atom is 0.249 e. The molecular formula is C17H20N6OS2. The van der Waals surface area contributed by atoms with Gasteiger partial charge in [-0.1, -0.05) is 55.9 Å². The van der Waals surface area contributed by atoms with Gasteiger partial charge in [0.1, 0.15) is 6.04 Å². The van der Waals surface area contributed by atoms with E-state index in [9.17, 15) is 4.79 Å². The van der Waals surface area contributed by atoms with Crippen LogP contribution in [0.25, 0.3) is 11.3 Å². The van der Waals surface area contributed by atoms with Gasteiger partial charge in [-0.25, -0.2) is 4.98 Å². The first-order valence-electron chi connectivity index (χ1n) is 8.29. The lowest BCUT2D eigenvalue weighted by Gasteiger charge is -2.18. The van der Waals surface area contributed by atoms with E-state index < -0.39 is 6.04 Å². The van der Waals surface area contributed by atoms with E-state index in [0.29, 0.717) is 16.7 Å². The molecule has 0 aliphatic rings. The number of hydrogen-bond donors (Lipinski definition) is 2. The fraction of sp³-hybridized carbons (Fsp3) is 0.294. The number of benzene rings is 1. The molecule has 1 amide bonds. The molecule has 0 spiro atoms. The minimum absolute atomic E-state index is 0.175. The average Bonchev–Trinajstić information content (AvgIpc) is 3.25. The number of anilines is 2. The first-order valence-corrected chi connectivity index (χ1v) is 10.2. The van der Waals surface area contributed by atoms with Gasteiger partial charge in [0.25, 0.3) is 0 Å². The highest BCUT2D eigenvalue weighted by Gasteiger charge is 2.25. The Labute approximate surface area is 160 Å². The fourth-order valence-corrected chi connectivity index (χ4v) is 3.99. The summed E-state index contributed by atoms with van der Waals surface area (Å²) in [5.74, 6) is 0.890. The van der Waals surface area contributed by atoms with E-state index in [1.165, 1.54) is 23.1 Å². The Balaban J connectivity index is 1.79. The number of thiazole rings is 1. The van der Waals surface area contributed by atoms with Gasteiger partial charge in [0.2, 0.25) is 11.9 Å². The number of amides is 1. The maximum atomic E-state index is 12.8. The highest BCUT2D eigenvalue weighted by molar-refractivity contribution is 7.99. The van der Waals surface area contributed by atoms with Gasteiger partial charge in [0.15, 0.2) is 10.3 Å². The number of rotatable bonds is 7. The first kappa shape index (κ1) is 18.4. The lowest BCUT2D eigenvalue weighted by molar-refractivity contribution is -0.119. The van der Waals surface area contributed by atoms with Crippen LogP contribution in [0.15, 0.2) is 40.9 Å². The van der Waals surface area contributed by atoms with Gasteiger partial charge in [-0.3, -0.25) is 9.36 Å². The third kappa shape index (κ3) is 3.88. The average molecular weight is 389 g/mol. The zero-order valence-electron chi connectivity index (χ0n) is 14.5. The second-order valence-electron chi connectivity index (χ2n) is 5.46. The Bertz CT molecular complexity index is 877. The minimum atomic E-state index is -0.483. The number of hydrogen-bond acceptors (Lipinski definition) is 7. The van der Waals surface area contributed by atoms with Crippen molar-refractivity contribution in [3.63, 3.8) is 0 Å². The molecule has 0 aliphatic heterocycles. The van der Waals surface area contributed by atoms with E-state index in [1.54, 1.807) is 4.57 Å². The number of nitrogens with two attached hydrogens (primary N) is 1. The topological polar surface area (TPSA) is 98.7 Å². The van der Waals surface area contributed by atoms with E-state index in [-0.39, 0.29) is 11.9 Å². The smallest absolute Gasteiger partial charge is 0.249 e. The number of nitrogens with zero attached hydrogens (tertiary/aromatic N) is 4. The number of nitrogen functional groups attached to an aromatic ring is 1. The molecule has 1 atom stereocenters. The summed E-state index contributed by atoms with van der Waals surface area (Å²) in [5, 5.41) is 14.0. The normalized spacial score (nSPS) is 12.1. The third-order valence-electron chi connectivity index (χ3n) is 3.77. The number of thioether (sulfide) groups is 1. The summed E-state index contributed by atoms with van der Waals surface area (Å²) in [6.45, 7) is 3.95. The van der Waals surface area contributed by atoms with Gasteiger partial charge < -0.3 is 11.1 Å². The minimum Gasteiger partial charge on any atom is -0.368 e. The van der Waals surface area contributed by atoms with Crippen LogP contribution in [0.5, 0.6) is 0 Å². The van der Waals surface area contributed by atoms with Crippen molar-refractivity contribution < 1.29 is 4.79 Å². The first-order chi connectivity index (χ1) is 12.6. The SMILES string of the molecule is CCSc1nnc(N)n1C(CC)C(=O)Nc1nc(-c2ccccc2)cs1. The van der Waals surface area contributed by atoms with Crippen LogP contribution in [0.1, 0.15) is 26.3 Å². The molecular weight excluding hydrogens is 368 g/mol. The van der Waals surface area contributed by atoms with Crippen molar-refractivity contribution in [3.8, 4) is 11.3 Å². The third-order valence-corrected chi connectivity index (χ3v) is 5.35. The second kappa shape index (κ2) is 8.33.